The summed E-state index contributed by atoms with van der Waals surface area (Å²) in [5, 5.41) is 12.6. The molecule has 1 amide bonds. The van der Waals surface area contributed by atoms with E-state index in [4.69, 9.17) is 4.74 Å². The van der Waals surface area contributed by atoms with Gasteiger partial charge < -0.3 is 14.7 Å². The molecule has 3 aromatic rings. The van der Waals surface area contributed by atoms with E-state index < -0.39 is 27.5 Å². The fourth-order valence-corrected chi connectivity index (χ4v) is 5.95. The fraction of sp³-hybridized carbons (Fsp3) is 0.174. The Labute approximate surface area is 184 Å². The summed E-state index contributed by atoms with van der Waals surface area (Å²) in [4.78, 5) is 15.0. The Balaban J connectivity index is 1.85. The molecule has 1 N–H and O–H groups in total. The average Bonchev–Trinajstić information content (AvgIpc) is 3.37. The predicted molar refractivity (Wildman–Crippen MR) is 119 cm³/mol. The van der Waals surface area contributed by atoms with E-state index in [-0.39, 0.29) is 16.3 Å². The van der Waals surface area contributed by atoms with Gasteiger partial charge in [0.1, 0.15) is 10.7 Å². The van der Waals surface area contributed by atoms with Crippen molar-refractivity contribution in [2.45, 2.75) is 24.4 Å². The normalized spacial score (nSPS) is 16.8. The van der Waals surface area contributed by atoms with Crippen molar-refractivity contribution in [2.24, 2.45) is 0 Å². The van der Waals surface area contributed by atoms with E-state index in [1.807, 2.05) is 24.4 Å². The van der Waals surface area contributed by atoms with Crippen LogP contribution in [0, 0.1) is 6.92 Å². The minimum absolute atomic E-state index is 0.0314. The Bertz CT molecular complexity index is 1230. The number of nitrogens with zero attached hydrogens (tertiary/aromatic N) is 1. The number of thiophene rings is 1. The Morgan fingerprint density at radius 1 is 1.06 bits per heavy atom. The maximum atomic E-state index is 13.5. The molecule has 1 aliphatic heterocycles. The maximum Gasteiger partial charge on any atom is 0.290 e. The number of ether oxygens (including phenoxy) is 1. The number of aryl methyl sites for hydroxylation is 1. The Kier molecular flexibility index (Phi) is 5.60. The van der Waals surface area contributed by atoms with Crippen LogP contribution in [0.15, 0.2) is 81.6 Å². The van der Waals surface area contributed by atoms with Gasteiger partial charge in [-0.1, -0.05) is 35.9 Å². The second-order valence-electron chi connectivity index (χ2n) is 7.22. The van der Waals surface area contributed by atoms with E-state index in [0.717, 1.165) is 10.4 Å². The van der Waals surface area contributed by atoms with Gasteiger partial charge in [0, 0.05) is 4.88 Å². The molecule has 0 saturated heterocycles. The molecule has 1 aromatic heterocycles. The minimum Gasteiger partial charge on any atom is -0.502 e. The lowest BCUT2D eigenvalue weighted by atomic mass is 10.1. The van der Waals surface area contributed by atoms with Crippen molar-refractivity contribution in [3.05, 3.63) is 92.7 Å². The van der Waals surface area contributed by atoms with E-state index in [2.05, 4.69) is 0 Å². The van der Waals surface area contributed by atoms with Crippen LogP contribution in [-0.4, -0.2) is 31.4 Å². The lowest BCUT2D eigenvalue weighted by Crippen LogP contribution is -2.30. The van der Waals surface area contributed by atoms with E-state index in [9.17, 15) is 18.3 Å². The number of hydrogen-bond donors (Lipinski definition) is 1. The topological polar surface area (TPSA) is 83.9 Å². The van der Waals surface area contributed by atoms with Crippen LogP contribution in [0.25, 0.3) is 0 Å². The summed E-state index contributed by atoms with van der Waals surface area (Å²) in [5.74, 6) is -0.841. The van der Waals surface area contributed by atoms with E-state index >= 15 is 0 Å². The summed E-state index contributed by atoms with van der Waals surface area (Å²) >= 11 is 1.46. The molecule has 4 rings (SSSR count). The largest absolute Gasteiger partial charge is 0.502 e. The second-order valence-corrected chi connectivity index (χ2v) is 10.2. The Morgan fingerprint density at radius 3 is 2.32 bits per heavy atom. The zero-order valence-corrected chi connectivity index (χ0v) is 18.6. The lowest BCUT2D eigenvalue weighted by molar-refractivity contribution is -0.130. The maximum absolute atomic E-state index is 13.5. The number of amides is 1. The predicted octanol–water partition coefficient (Wildman–Crippen LogP) is 4.39. The molecule has 6 nitrogen and oxygen atoms in total. The number of rotatable bonds is 6. The summed E-state index contributed by atoms with van der Waals surface area (Å²) in [6.07, 6.45) is 0. The molecule has 8 heteroatoms. The highest BCUT2D eigenvalue weighted by Crippen LogP contribution is 2.43. The number of sulfone groups is 1. The van der Waals surface area contributed by atoms with Crippen molar-refractivity contribution in [1.82, 2.24) is 4.90 Å². The van der Waals surface area contributed by atoms with E-state index in [1.165, 1.54) is 35.5 Å². The summed E-state index contributed by atoms with van der Waals surface area (Å²) in [5.41, 5.74) is 1.48. The summed E-state index contributed by atoms with van der Waals surface area (Å²) < 4.78 is 32.3. The molecule has 2 aromatic carbocycles. The van der Waals surface area contributed by atoms with Crippen molar-refractivity contribution < 1.29 is 23.1 Å². The number of methoxy groups -OCH3 is 1. The average molecular weight is 456 g/mol. The highest BCUT2D eigenvalue weighted by Gasteiger charge is 2.46. The monoisotopic (exact) mass is 455 g/mol. The van der Waals surface area contributed by atoms with E-state index in [0.29, 0.717) is 11.3 Å². The number of carbonyl (C=O) groups excluding carboxylic acids is 1. The van der Waals surface area contributed by atoms with Crippen LogP contribution in [-0.2, 0) is 21.2 Å². The van der Waals surface area contributed by atoms with Crippen LogP contribution < -0.4 is 4.74 Å². The van der Waals surface area contributed by atoms with Crippen LogP contribution in [0.5, 0.6) is 5.75 Å². The third-order valence-electron chi connectivity index (χ3n) is 5.22. The highest BCUT2D eigenvalue weighted by atomic mass is 32.2. The zero-order chi connectivity index (χ0) is 22.2. The van der Waals surface area contributed by atoms with Crippen LogP contribution in [0.4, 0.5) is 0 Å². The molecule has 0 fully saturated rings. The number of aliphatic hydroxyl groups is 1. The van der Waals surface area contributed by atoms with Crippen molar-refractivity contribution >= 4 is 27.1 Å². The number of carbonyl (C=O) groups is 1. The number of hydrogen-bond acceptors (Lipinski definition) is 6. The van der Waals surface area contributed by atoms with Gasteiger partial charge in [-0.15, -0.1) is 11.3 Å². The van der Waals surface area contributed by atoms with Gasteiger partial charge >= 0.3 is 0 Å². The minimum atomic E-state index is -4.12. The number of aliphatic hydroxyl groups excluding tert-OH is 1. The van der Waals surface area contributed by atoms with Crippen LogP contribution >= 0.6 is 11.3 Å². The number of benzene rings is 2. The summed E-state index contributed by atoms with van der Waals surface area (Å²) in [6.45, 7) is 2.04. The van der Waals surface area contributed by atoms with Crippen LogP contribution in [0.3, 0.4) is 0 Å². The van der Waals surface area contributed by atoms with Crippen molar-refractivity contribution in [3.63, 3.8) is 0 Å². The van der Waals surface area contributed by atoms with E-state index in [1.54, 1.807) is 36.4 Å². The first-order chi connectivity index (χ1) is 14.8. The molecule has 0 unspecified atom stereocenters. The molecular formula is C23H21NO5S2. The van der Waals surface area contributed by atoms with Gasteiger partial charge in [-0.2, -0.15) is 0 Å². The highest BCUT2D eigenvalue weighted by molar-refractivity contribution is 7.95. The van der Waals surface area contributed by atoms with Gasteiger partial charge in [0.15, 0.2) is 5.76 Å². The van der Waals surface area contributed by atoms with Gasteiger partial charge in [0.2, 0.25) is 9.84 Å². The standard InChI is InChI=1S/C23H21NO5S2/c1-15-5-11-19(12-6-15)31(27,28)22-20(16-7-9-17(29-2)10-8-16)24(23(26)21(22)25)14-18-4-3-13-30-18/h3-13,20,25H,14H2,1-2H3/t20-/m1/s1. The zero-order valence-electron chi connectivity index (χ0n) is 17.0. The Hall–Kier alpha value is -3.10. The van der Waals surface area contributed by atoms with Gasteiger partial charge in [-0.25, -0.2) is 8.42 Å². The molecule has 0 radical (unpaired) electrons. The molecule has 0 bridgehead atoms. The molecular weight excluding hydrogens is 434 g/mol. The summed E-state index contributed by atoms with van der Waals surface area (Å²) in [7, 11) is -2.59. The lowest BCUT2D eigenvalue weighted by Gasteiger charge is -2.26. The van der Waals surface area contributed by atoms with Gasteiger partial charge in [0.05, 0.1) is 24.6 Å². The molecule has 31 heavy (non-hydrogen) atoms. The molecule has 1 atom stereocenters. The van der Waals surface area contributed by atoms with Gasteiger partial charge in [-0.3, -0.25) is 4.79 Å². The molecule has 0 saturated carbocycles. The third-order valence-corrected chi connectivity index (χ3v) is 7.97. The summed E-state index contributed by atoms with van der Waals surface area (Å²) in [6, 6.07) is 16.0. The molecule has 2 heterocycles. The molecule has 0 aliphatic carbocycles. The molecule has 1 aliphatic rings. The third kappa shape index (κ3) is 3.84. The van der Waals surface area contributed by atoms with Crippen molar-refractivity contribution in [1.29, 1.82) is 0 Å². The van der Waals surface area contributed by atoms with Gasteiger partial charge in [0.25, 0.3) is 5.91 Å². The first kappa shape index (κ1) is 21.1. The molecule has 0 spiro atoms. The Morgan fingerprint density at radius 2 is 1.74 bits per heavy atom. The van der Waals surface area contributed by atoms with Crippen molar-refractivity contribution in [2.75, 3.05) is 7.11 Å². The van der Waals surface area contributed by atoms with Gasteiger partial charge in [-0.05, 0) is 48.2 Å². The second kappa shape index (κ2) is 8.20. The smallest absolute Gasteiger partial charge is 0.290 e. The SMILES string of the molecule is COc1ccc([C@@H]2C(S(=O)(=O)c3ccc(C)cc3)=C(O)C(=O)N2Cc2cccs2)cc1. The molecule has 160 valence electrons. The fourth-order valence-electron chi connectivity index (χ4n) is 3.60. The quantitative estimate of drug-likeness (QED) is 0.596. The first-order valence-corrected chi connectivity index (χ1v) is 11.9. The van der Waals surface area contributed by atoms with Crippen LogP contribution in [0.1, 0.15) is 22.0 Å². The van der Waals surface area contributed by atoms with Crippen LogP contribution in [0.2, 0.25) is 0 Å². The first-order valence-electron chi connectivity index (χ1n) is 9.55. The van der Waals surface area contributed by atoms with Crippen molar-refractivity contribution in [3.8, 4) is 5.75 Å².